The number of nitrogens with one attached hydrogen (secondary N) is 1. The molecule has 1 rings (SSSR count). The molecule has 1 aromatic heterocycles. The van der Waals surface area contributed by atoms with Crippen molar-refractivity contribution >= 4 is 11.5 Å². The number of hydrogen-bond donors (Lipinski definition) is 1. The van der Waals surface area contributed by atoms with Crippen LogP contribution in [0.15, 0.2) is 12.3 Å². The summed E-state index contributed by atoms with van der Waals surface area (Å²) < 4.78 is 0. The average Bonchev–Trinajstić information content (AvgIpc) is 2.35. The lowest BCUT2D eigenvalue weighted by Gasteiger charge is -2.11. The third-order valence-electron chi connectivity index (χ3n) is 2.52. The Morgan fingerprint density at radius 1 is 1.71 bits per heavy atom. The first-order valence-corrected chi connectivity index (χ1v) is 5.36. The molecule has 90 valence electrons. The molecule has 0 aromatic carbocycles. The molecule has 0 aliphatic carbocycles. The zero-order valence-electron chi connectivity index (χ0n) is 9.80. The third-order valence-corrected chi connectivity index (χ3v) is 2.52. The molecule has 1 atom stereocenters. The van der Waals surface area contributed by atoms with E-state index in [0.717, 1.165) is 12.6 Å². The highest BCUT2D eigenvalue weighted by Gasteiger charge is 2.12. The van der Waals surface area contributed by atoms with Crippen molar-refractivity contribution in [3.63, 3.8) is 0 Å². The molecule has 1 aromatic rings. The normalized spacial score (nSPS) is 11.6. The number of hydrogen-bond acceptors (Lipinski definition) is 5. The van der Waals surface area contributed by atoms with Crippen molar-refractivity contribution in [2.24, 2.45) is 5.92 Å². The summed E-state index contributed by atoms with van der Waals surface area (Å²) >= 11 is 0. The van der Waals surface area contributed by atoms with E-state index in [2.05, 4.69) is 24.1 Å². The van der Waals surface area contributed by atoms with Crippen molar-refractivity contribution in [1.82, 2.24) is 4.98 Å². The van der Waals surface area contributed by atoms with E-state index in [0.29, 0.717) is 18.3 Å². The summed E-state index contributed by atoms with van der Waals surface area (Å²) in [6, 6.07) is 3.13. The van der Waals surface area contributed by atoms with Gasteiger partial charge in [0, 0.05) is 12.6 Å². The van der Waals surface area contributed by atoms with Gasteiger partial charge in [-0.3, -0.25) is 10.1 Å². The van der Waals surface area contributed by atoms with E-state index < -0.39 is 4.92 Å². The monoisotopic (exact) mass is 234 g/mol. The molecule has 17 heavy (non-hydrogen) atoms. The molecule has 0 aliphatic rings. The Kier molecular flexibility index (Phi) is 4.40. The number of nitrogens with zero attached hydrogens (tertiary/aromatic N) is 3. The highest BCUT2D eigenvalue weighted by Crippen LogP contribution is 2.18. The predicted molar refractivity (Wildman–Crippen MR) is 63.6 cm³/mol. The van der Waals surface area contributed by atoms with E-state index in [1.54, 1.807) is 0 Å². The molecular formula is C11H14N4O2. The number of rotatable bonds is 5. The van der Waals surface area contributed by atoms with Gasteiger partial charge in [0.05, 0.1) is 4.92 Å². The van der Waals surface area contributed by atoms with Crippen molar-refractivity contribution < 1.29 is 4.92 Å². The van der Waals surface area contributed by atoms with Gasteiger partial charge in [0.15, 0.2) is 0 Å². The van der Waals surface area contributed by atoms with Gasteiger partial charge in [-0.05, 0) is 5.92 Å². The Bertz CT molecular complexity index is 453. The van der Waals surface area contributed by atoms with Crippen LogP contribution in [0.3, 0.4) is 0 Å². The van der Waals surface area contributed by atoms with Crippen LogP contribution in [0.4, 0.5) is 11.5 Å². The molecule has 0 fully saturated rings. The number of aromatic nitrogens is 1. The second kappa shape index (κ2) is 5.80. The number of nitro groups is 1. The molecule has 0 spiro atoms. The Morgan fingerprint density at radius 3 is 2.94 bits per heavy atom. The molecular weight excluding hydrogens is 220 g/mol. The largest absolute Gasteiger partial charge is 0.369 e. The molecule has 0 saturated heterocycles. The van der Waals surface area contributed by atoms with E-state index in [-0.39, 0.29) is 11.3 Å². The Morgan fingerprint density at radius 2 is 2.41 bits per heavy atom. The summed E-state index contributed by atoms with van der Waals surface area (Å²) in [6.07, 6.45) is 2.17. The summed E-state index contributed by atoms with van der Waals surface area (Å²) in [5.74, 6) is 0.858. The minimum Gasteiger partial charge on any atom is -0.369 e. The first-order chi connectivity index (χ1) is 8.08. The van der Waals surface area contributed by atoms with Crippen LogP contribution in [0.1, 0.15) is 25.8 Å². The first kappa shape index (κ1) is 12.9. The minimum atomic E-state index is -0.563. The van der Waals surface area contributed by atoms with E-state index in [1.807, 2.05) is 6.07 Å². The van der Waals surface area contributed by atoms with Crippen LogP contribution in [-0.2, 0) is 0 Å². The third kappa shape index (κ3) is 3.41. The molecule has 6 heteroatoms. The number of pyridine rings is 1. The van der Waals surface area contributed by atoms with Crippen molar-refractivity contribution in [2.45, 2.75) is 20.3 Å². The summed E-state index contributed by atoms with van der Waals surface area (Å²) in [7, 11) is 0. The molecule has 0 saturated carbocycles. The van der Waals surface area contributed by atoms with E-state index >= 15 is 0 Å². The zero-order chi connectivity index (χ0) is 12.8. The van der Waals surface area contributed by atoms with Crippen molar-refractivity contribution in [1.29, 1.82) is 5.26 Å². The Balaban J connectivity index is 2.87. The Hall–Kier alpha value is -2.16. The van der Waals surface area contributed by atoms with Gasteiger partial charge in [0.2, 0.25) is 0 Å². The summed E-state index contributed by atoms with van der Waals surface area (Å²) in [4.78, 5) is 13.9. The van der Waals surface area contributed by atoms with Crippen LogP contribution in [0, 0.1) is 27.4 Å². The fraction of sp³-hybridized carbons (Fsp3) is 0.455. The molecule has 6 nitrogen and oxygen atoms in total. The quantitative estimate of drug-likeness (QED) is 0.623. The zero-order valence-corrected chi connectivity index (χ0v) is 9.80. The van der Waals surface area contributed by atoms with Gasteiger partial charge in [-0.25, -0.2) is 4.98 Å². The van der Waals surface area contributed by atoms with E-state index in [1.165, 1.54) is 6.07 Å². The summed E-state index contributed by atoms with van der Waals surface area (Å²) in [5.41, 5.74) is 0.0261. The molecule has 1 N–H and O–H groups in total. The SMILES string of the molecule is CCC(C)CNc1ncc([N+](=O)[O-])cc1C#N. The highest BCUT2D eigenvalue weighted by molar-refractivity contribution is 5.55. The predicted octanol–water partition coefficient (Wildman–Crippen LogP) is 2.32. The van der Waals surface area contributed by atoms with Gasteiger partial charge in [-0.15, -0.1) is 0 Å². The van der Waals surface area contributed by atoms with E-state index in [9.17, 15) is 10.1 Å². The van der Waals surface area contributed by atoms with Crippen LogP contribution in [0.25, 0.3) is 0 Å². The van der Waals surface area contributed by atoms with Gasteiger partial charge in [-0.2, -0.15) is 5.26 Å². The van der Waals surface area contributed by atoms with Gasteiger partial charge in [0.1, 0.15) is 23.6 Å². The van der Waals surface area contributed by atoms with Crippen molar-refractivity contribution in [2.75, 3.05) is 11.9 Å². The summed E-state index contributed by atoms with van der Waals surface area (Å²) in [5, 5.41) is 22.4. The van der Waals surface area contributed by atoms with Crippen LogP contribution >= 0.6 is 0 Å². The van der Waals surface area contributed by atoms with Crippen LogP contribution in [0.5, 0.6) is 0 Å². The maximum atomic E-state index is 10.5. The molecule has 1 unspecified atom stereocenters. The van der Waals surface area contributed by atoms with Crippen LogP contribution in [-0.4, -0.2) is 16.5 Å². The van der Waals surface area contributed by atoms with Gasteiger partial charge in [-0.1, -0.05) is 20.3 Å². The molecule has 0 aliphatic heterocycles. The summed E-state index contributed by atoms with van der Waals surface area (Å²) in [6.45, 7) is 4.83. The molecule has 1 heterocycles. The second-order valence-corrected chi connectivity index (χ2v) is 3.85. The maximum Gasteiger partial charge on any atom is 0.289 e. The topological polar surface area (TPSA) is 91.8 Å². The molecule has 0 radical (unpaired) electrons. The lowest BCUT2D eigenvalue weighted by atomic mass is 10.1. The minimum absolute atomic E-state index is 0.171. The highest BCUT2D eigenvalue weighted by atomic mass is 16.6. The fourth-order valence-corrected chi connectivity index (χ4v) is 1.19. The van der Waals surface area contributed by atoms with Crippen LogP contribution < -0.4 is 5.32 Å². The fourth-order valence-electron chi connectivity index (χ4n) is 1.19. The smallest absolute Gasteiger partial charge is 0.289 e. The van der Waals surface area contributed by atoms with Gasteiger partial charge in [0.25, 0.3) is 5.69 Å². The second-order valence-electron chi connectivity index (χ2n) is 3.85. The number of nitriles is 1. The maximum absolute atomic E-state index is 10.5. The van der Waals surface area contributed by atoms with Gasteiger partial charge >= 0.3 is 0 Å². The van der Waals surface area contributed by atoms with E-state index in [4.69, 9.17) is 5.26 Å². The molecule has 0 bridgehead atoms. The lowest BCUT2D eigenvalue weighted by Crippen LogP contribution is -2.12. The lowest BCUT2D eigenvalue weighted by molar-refractivity contribution is -0.385. The molecule has 0 amide bonds. The van der Waals surface area contributed by atoms with Crippen molar-refractivity contribution in [3.8, 4) is 6.07 Å². The van der Waals surface area contributed by atoms with Gasteiger partial charge < -0.3 is 5.32 Å². The standard InChI is InChI=1S/C11H14N4O2/c1-3-8(2)6-13-11-9(5-12)4-10(7-14-11)15(16)17/h4,7-8H,3,6H2,1-2H3,(H,13,14). The first-order valence-electron chi connectivity index (χ1n) is 5.36. The van der Waals surface area contributed by atoms with Crippen molar-refractivity contribution in [3.05, 3.63) is 27.9 Å². The number of anilines is 1. The Labute approximate surface area is 99.4 Å². The average molecular weight is 234 g/mol. The van der Waals surface area contributed by atoms with Crippen LogP contribution in [0.2, 0.25) is 0 Å².